The van der Waals surface area contributed by atoms with Gasteiger partial charge in [0.05, 0.1) is 19.2 Å². The Labute approximate surface area is 71.1 Å². The number of hydrogen-bond donors (Lipinski definition) is 1. The molecule has 0 amide bonds. The van der Waals surface area contributed by atoms with Crippen LogP contribution >= 0.6 is 11.6 Å². The monoisotopic (exact) mass is 169 g/mol. The number of hydrogen-bond acceptors (Lipinski definition) is 2. The highest BCUT2D eigenvalue weighted by Gasteiger charge is 1.99. The average molecular weight is 170 g/mol. The van der Waals surface area contributed by atoms with Crippen LogP contribution < -0.4 is 10.1 Å². The summed E-state index contributed by atoms with van der Waals surface area (Å²) < 4.78 is 4.94. The fourth-order valence-electron chi connectivity index (χ4n) is 0.756. The lowest BCUT2D eigenvalue weighted by molar-refractivity contribution is 0.415. The fraction of sp³-hybridized carbons (Fsp3) is 0.125. The van der Waals surface area contributed by atoms with E-state index in [-0.39, 0.29) is 0 Å². The first kappa shape index (κ1) is 8.21. The van der Waals surface area contributed by atoms with E-state index in [9.17, 15) is 0 Å². The van der Waals surface area contributed by atoms with Crippen molar-refractivity contribution in [2.24, 2.45) is 0 Å². The quantitative estimate of drug-likeness (QED) is 0.687. The fourth-order valence-corrected chi connectivity index (χ4v) is 1.01. The first-order valence-corrected chi connectivity index (χ1v) is 3.46. The molecule has 58 valence electrons. The summed E-state index contributed by atoms with van der Waals surface area (Å²) in [4.78, 5) is 0. The first-order valence-electron chi connectivity index (χ1n) is 3.08. The maximum atomic E-state index is 5.79. The van der Waals surface area contributed by atoms with Crippen LogP contribution in [-0.2, 0) is 0 Å². The van der Waals surface area contributed by atoms with E-state index < -0.39 is 0 Å². The van der Waals surface area contributed by atoms with Crippen LogP contribution in [0.2, 0.25) is 5.02 Å². The van der Waals surface area contributed by atoms with Crippen LogP contribution in [0.25, 0.3) is 0 Å². The molecule has 0 aliphatic rings. The molecule has 3 heteroatoms. The van der Waals surface area contributed by atoms with Crippen molar-refractivity contribution in [3.8, 4) is 5.75 Å². The Morgan fingerprint density at radius 3 is 2.73 bits per heavy atom. The average Bonchev–Trinajstić information content (AvgIpc) is 2.04. The van der Waals surface area contributed by atoms with Gasteiger partial charge < -0.3 is 10.1 Å². The normalized spacial score (nSPS) is 9.36. The second-order valence-electron chi connectivity index (χ2n) is 1.99. The summed E-state index contributed by atoms with van der Waals surface area (Å²) in [5.74, 6) is 0.644. The standard InChI is InChI=1S/C8H8ClNO/c1-10-6-3-4-8(11-2)7(9)5-6/h1,3-5,10H,2H3. The van der Waals surface area contributed by atoms with Crippen LogP contribution in [0.1, 0.15) is 0 Å². The Hall–Kier alpha value is -0.890. The molecule has 0 saturated heterocycles. The molecule has 1 N–H and O–H groups in total. The van der Waals surface area contributed by atoms with Crippen LogP contribution in [0.3, 0.4) is 0 Å². The molecule has 1 rings (SSSR count). The van der Waals surface area contributed by atoms with E-state index in [0.29, 0.717) is 10.8 Å². The molecule has 11 heavy (non-hydrogen) atoms. The van der Waals surface area contributed by atoms with Gasteiger partial charge in [0.25, 0.3) is 0 Å². The lowest BCUT2D eigenvalue weighted by Crippen LogP contribution is -1.87. The number of nitrogens with one attached hydrogen (secondary N) is 1. The number of rotatable bonds is 2. The highest BCUT2D eigenvalue weighted by atomic mass is 35.5. The Morgan fingerprint density at radius 1 is 1.55 bits per heavy atom. The van der Waals surface area contributed by atoms with E-state index in [1.54, 1.807) is 25.3 Å². The third kappa shape index (κ3) is 1.77. The maximum absolute atomic E-state index is 5.79. The summed E-state index contributed by atoms with van der Waals surface area (Å²) >= 11 is 5.79. The van der Waals surface area contributed by atoms with Gasteiger partial charge in [-0.1, -0.05) is 11.6 Å². The molecule has 0 bridgehead atoms. The molecule has 2 radical (unpaired) electrons. The number of methoxy groups -OCH3 is 1. The summed E-state index contributed by atoms with van der Waals surface area (Å²) in [6.45, 7) is 0. The maximum Gasteiger partial charge on any atom is 0.137 e. The summed E-state index contributed by atoms with van der Waals surface area (Å²) in [5, 5.41) is 3.02. The summed E-state index contributed by atoms with van der Waals surface area (Å²) in [7, 11) is 6.73. The van der Waals surface area contributed by atoms with Crippen molar-refractivity contribution in [3.05, 3.63) is 30.3 Å². The Bertz CT molecular complexity index is 250. The van der Waals surface area contributed by atoms with Crippen LogP contribution in [0.5, 0.6) is 5.75 Å². The zero-order valence-electron chi connectivity index (χ0n) is 6.10. The molecule has 0 aromatic heterocycles. The predicted octanol–water partition coefficient (Wildman–Crippen LogP) is 2.43. The number of anilines is 1. The van der Waals surface area contributed by atoms with Crippen molar-refractivity contribution in [1.29, 1.82) is 0 Å². The van der Waals surface area contributed by atoms with Crippen molar-refractivity contribution in [3.63, 3.8) is 0 Å². The highest BCUT2D eigenvalue weighted by Crippen LogP contribution is 2.26. The topological polar surface area (TPSA) is 21.3 Å². The van der Waals surface area contributed by atoms with E-state index in [2.05, 4.69) is 5.32 Å². The SMILES string of the molecule is [CH]Nc1ccc(OC)c(Cl)c1. The van der Waals surface area contributed by atoms with E-state index in [1.807, 2.05) is 0 Å². The smallest absolute Gasteiger partial charge is 0.137 e. The molecule has 0 aliphatic heterocycles. The number of benzene rings is 1. The van der Waals surface area contributed by atoms with E-state index >= 15 is 0 Å². The van der Waals surface area contributed by atoms with Gasteiger partial charge >= 0.3 is 0 Å². The van der Waals surface area contributed by atoms with Crippen molar-refractivity contribution in [1.82, 2.24) is 0 Å². The van der Waals surface area contributed by atoms with Crippen LogP contribution in [0.15, 0.2) is 18.2 Å². The van der Waals surface area contributed by atoms with Crippen LogP contribution in [-0.4, -0.2) is 7.11 Å². The van der Waals surface area contributed by atoms with Gasteiger partial charge in [-0.3, -0.25) is 0 Å². The molecule has 0 spiro atoms. The van der Waals surface area contributed by atoms with Gasteiger partial charge in [-0.25, -0.2) is 0 Å². The lowest BCUT2D eigenvalue weighted by atomic mass is 10.3. The molecular weight excluding hydrogens is 162 g/mol. The third-order valence-electron chi connectivity index (χ3n) is 1.32. The van der Waals surface area contributed by atoms with E-state index in [1.165, 1.54) is 0 Å². The molecule has 0 fully saturated rings. The lowest BCUT2D eigenvalue weighted by Gasteiger charge is -2.04. The number of halogens is 1. The van der Waals surface area contributed by atoms with Gasteiger partial charge in [-0.2, -0.15) is 0 Å². The van der Waals surface area contributed by atoms with Gasteiger partial charge in [0.1, 0.15) is 5.75 Å². The molecule has 0 atom stereocenters. The van der Waals surface area contributed by atoms with Crippen molar-refractivity contribution < 1.29 is 4.74 Å². The number of ether oxygens (including phenoxy) is 1. The van der Waals surface area contributed by atoms with Crippen LogP contribution in [0.4, 0.5) is 5.69 Å². The van der Waals surface area contributed by atoms with Gasteiger partial charge in [0.15, 0.2) is 0 Å². The molecule has 0 heterocycles. The minimum atomic E-state index is 0.544. The van der Waals surface area contributed by atoms with Crippen molar-refractivity contribution in [2.45, 2.75) is 0 Å². The van der Waals surface area contributed by atoms with Crippen molar-refractivity contribution >= 4 is 17.3 Å². The largest absolute Gasteiger partial charge is 0.495 e. The van der Waals surface area contributed by atoms with E-state index in [4.69, 9.17) is 23.4 Å². The molecule has 0 saturated carbocycles. The van der Waals surface area contributed by atoms with Gasteiger partial charge in [-0.15, -0.1) is 0 Å². The molecule has 1 aromatic rings. The molecule has 0 unspecified atom stereocenters. The van der Waals surface area contributed by atoms with Gasteiger partial charge in [0, 0.05) is 5.69 Å². The first-order chi connectivity index (χ1) is 5.27. The minimum Gasteiger partial charge on any atom is -0.495 e. The predicted molar refractivity (Wildman–Crippen MR) is 45.9 cm³/mol. The Balaban J connectivity index is 2.99. The molecule has 1 aromatic carbocycles. The summed E-state index contributed by atoms with van der Waals surface area (Å²) in [6.07, 6.45) is 0. The minimum absolute atomic E-state index is 0.544. The second kappa shape index (κ2) is 3.49. The van der Waals surface area contributed by atoms with Crippen molar-refractivity contribution in [2.75, 3.05) is 12.4 Å². The summed E-state index contributed by atoms with van der Waals surface area (Å²) in [6, 6.07) is 5.22. The van der Waals surface area contributed by atoms with Gasteiger partial charge in [0.2, 0.25) is 0 Å². The molecular formula is C8H8ClNO. The molecule has 0 aliphatic carbocycles. The Kier molecular flexibility index (Phi) is 2.60. The highest BCUT2D eigenvalue weighted by molar-refractivity contribution is 6.32. The zero-order chi connectivity index (χ0) is 8.27. The van der Waals surface area contributed by atoms with E-state index in [0.717, 1.165) is 5.69 Å². The third-order valence-corrected chi connectivity index (χ3v) is 1.61. The van der Waals surface area contributed by atoms with Gasteiger partial charge in [-0.05, 0) is 18.2 Å². The van der Waals surface area contributed by atoms with Crippen LogP contribution in [0, 0.1) is 7.05 Å². The summed E-state index contributed by atoms with van der Waals surface area (Å²) in [5.41, 5.74) is 0.760. The second-order valence-corrected chi connectivity index (χ2v) is 2.40. The Morgan fingerprint density at radius 2 is 2.27 bits per heavy atom. The molecule has 2 nitrogen and oxygen atoms in total. The zero-order valence-corrected chi connectivity index (χ0v) is 6.85.